The maximum atomic E-state index is 13.7. The number of furan rings is 1. The first-order valence-electron chi connectivity index (χ1n) is 12.1. The predicted octanol–water partition coefficient (Wildman–Crippen LogP) is 4.62. The van der Waals surface area contributed by atoms with Crippen molar-refractivity contribution in [3.8, 4) is 0 Å². The number of thiophene rings is 1. The van der Waals surface area contributed by atoms with Gasteiger partial charge in [-0.25, -0.2) is 4.98 Å². The first kappa shape index (κ1) is 21.5. The van der Waals surface area contributed by atoms with Crippen molar-refractivity contribution >= 4 is 39.2 Å². The molecule has 2 saturated carbocycles. The molecule has 8 heteroatoms. The van der Waals surface area contributed by atoms with E-state index in [0.29, 0.717) is 41.3 Å². The van der Waals surface area contributed by atoms with Crippen LogP contribution in [-0.2, 0) is 24.2 Å². The van der Waals surface area contributed by atoms with Gasteiger partial charge in [-0.2, -0.15) is 0 Å². The van der Waals surface area contributed by atoms with Gasteiger partial charge >= 0.3 is 0 Å². The van der Waals surface area contributed by atoms with E-state index in [0.717, 1.165) is 29.5 Å². The number of fused-ring (bicyclic) bond motifs is 3. The van der Waals surface area contributed by atoms with E-state index in [-0.39, 0.29) is 17.2 Å². The maximum absolute atomic E-state index is 13.7. The first-order valence-corrected chi connectivity index (χ1v) is 13.9. The van der Waals surface area contributed by atoms with Gasteiger partial charge in [0.1, 0.15) is 10.6 Å². The van der Waals surface area contributed by atoms with Crippen molar-refractivity contribution in [3.05, 3.63) is 45.0 Å². The maximum Gasteiger partial charge on any atom is 0.263 e. The zero-order valence-corrected chi connectivity index (χ0v) is 20.5. The summed E-state index contributed by atoms with van der Waals surface area (Å²) in [4.78, 5) is 33.5. The number of rotatable bonds is 8. The van der Waals surface area contributed by atoms with Crippen LogP contribution in [0.1, 0.15) is 55.2 Å². The van der Waals surface area contributed by atoms with Gasteiger partial charge in [-0.1, -0.05) is 18.7 Å². The normalized spacial score (nSPS) is 20.4. The molecule has 0 aliphatic heterocycles. The van der Waals surface area contributed by atoms with Gasteiger partial charge in [0.15, 0.2) is 5.16 Å². The Morgan fingerprint density at radius 1 is 1.30 bits per heavy atom. The molecule has 1 unspecified atom stereocenters. The molecule has 0 aromatic carbocycles. The number of aromatic nitrogens is 2. The Bertz CT molecular complexity index is 1230. The zero-order chi connectivity index (χ0) is 22.5. The summed E-state index contributed by atoms with van der Waals surface area (Å²) in [7, 11) is 0. The average Bonchev–Trinajstić information content (AvgIpc) is 3.72. The fourth-order valence-corrected chi connectivity index (χ4v) is 7.34. The lowest BCUT2D eigenvalue weighted by Crippen LogP contribution is -2.39. The van der Waals surface area contributed by atoms with E-state index in [1.165, 1.54) is 47.9 Å². The molecule has 0 bridgehead atoms. The number of carbonyl (C=O) groups is 1. The van der Waals surface area contributed by atoms with Crippen LogP contribution in [-0.4, -0.2) is 27.3 Å². The smallest absolute Gasteiger partial charge is 0.263 e. The highest BCUT2D eigenvalue weighted by Crippen LogP contribution is 2.44. The van der Waals surface area contributed by atoms with E-state index in [1.807, 2.05) is 12.1 Å². The SMILES string of the molecule is CC1CCc2c(sc3nc(SCC(=O)NC(C4CC4)C4CC4)n(Cc4ccco4)c(=O)c23)C1. The summed E-state index contributed by atoms with van der Waals surface area (Å²) in [6, 6.07) is 4.04. The highest BCUT2D eigenvalue weighted by molar-refractivity contribution is 7.99. The topological polar surface area (TPSA) is 77.1 Å². The molecular formula is C25H29N3O3S2. The summed E-state index contributed by atoms with van der Waals surface area (Å²) in [5, 5.41) is 4.65. The molecule has 6 rings (SSSR count). The van der Waals surface area contributed by atoms with Gasteiger partial charge in [0.25, 0.3) is 5.56 Å². The van der Waals surface area contributed by atoms with Crippen LogP contribution < -0.4 is 10.9 Å². The van der Waals surface area contributed by atoms with E-state index < -0.39 is 0 Å². The molecule has 1 amide bonds. The molecule has 0 spiro atoms. The monoisotopic (exact) mass is 483 g/mol. The second-order valence-corrected chi connectivity index (χ2v) is 12.0. The molecule has 3 aliphatic carbocycles. The highest BCUT2D eigenvalue weighted by Gasteiger charge is 2.42. The van der Waals surface area contributed by atoms with Gasteiger partial charge in [0, 0.05) is 10.9 Å². The number of hydrogen-bond donors (Lipinski definition) is 1. The molecule has 33 heavy (non-hydrogen) atoms. The van der Waals surface area contributed by atoms with Crippen molar-refractivity contribution in [1.82, 2.24) is 14.9 Å². The van der Waals surface area contributed by atoms with Gasteiger partial charge in [-0.3, -0.25) is 14.2 Å². The van der Waals surface area contributed by atoms with Crippen molar-refractivity contribution in [1.29, 1.82) is 0 Å². The highest BCUT2D eigenvalue weighted by atomic mass is 32.2. The Morgan fingerprint density at radius 2 is 2.09 bits per heavy atom. The largest absolute Gasteiger partial charge is 0.467 e. The number of hydrogen-bond acceptors (Lipinski definition) is 6. The lowest BCUT2D eigenvalue weighted by Gasteiger charge is -2.18. The number of thioether (sulfide) groups is 1. The van der Waals surface area contributed by atoms with Crippen LogP contribution in [0.25, 0.3) is 10.2 Å². The summed E-state index contributed by atoms with van der Waals surface area (Å²) in [5.74, 6) is 3.00. The molecule has 2 fully saturated rings. The third-order valence-electron chi connectivity index (χ3n) is 7.19. The van der Waals surface area contributed by atoms with Crippen LogP contribution in [0.15, 0.2) is 32.8 Å². The molecule has 3 aliphatic rings. The Balaban J connectivity index is 1.30. The van der Waals surface area contributed by atoms with Gasteiger partial charge in [-0.05, 0) is 80.4 Å². The van der Waals surface area contributed by atoms with Crippen molar-refractivity contribution < 1.29 is 9.21 Å². The predicted molar refractivity (Wildman–Crippen MR) is 131 cm³/mol. The van der Waals surface area contributed by atoms with Gasteiger partial charge in [0.2, 0.25) is 5.91 Å². The van der Waals surface area contributed by atoms with Crippen LogP contribution >= 0.6 is 23.1 Å². The van der Waals surface area contributed by atoms with Gasteiger partial charge in [-0.15, -0.1) is 11.3 Å². The molecule has 3 aromatic heterocycles. The summed E-state index contributed by atoms with van der Waals surface area (Å²) in [6.45, 7) is 2.60. The summed E-state index contributed by atoms with van der Waals surface area (Å²) in [5.41, 5.74) is 1.17. The Labute approximate surface area is 201 Å². The van der Waals surface area contributed by atoms with Crippen molar-refractivity contribution in [3.63, 3.8) is 0 Å². The molecule has 174 valence electrons. The fraction of sp³-hybridized carbons (Fsp3) is 0.560. The second kappa shape index (κ2) is 8.62. The van der Waals surface area contributed by atoms with E-state index in [9.17, 15) is 9.59 Å². The second-order valence-electron chi connectivity index (χ2n) is 9.95. The summed E-state index contributed by atoms with van der Waals surface area (Å²) < 4.78 is 7.24. The van der Waals surface area contributed by atoms with Crippen LogP contribution in [0.3, 0.4) is 0 Å². The minimum atomic E-state index is -0.0137. The molecule has 3 aromatic rings. The first-order chi connectivity index (χ1) is 16.1. The van der Waals surface area contributed by atoms with Crippen LogP contribution in [0.4, 0.5) is 0 Å². The lowest BCUT2D eigenvalue weighted by molar-refractivity contribution is -0.119. The Morgan fingerprint density at radius 3 is 2.79 bits per heavy atom. The quantitative estimate of drug-likeness (QED) is 0.374. The third-order valence-corrected chi connectivity index (χ3v) is 9.32. The van der Waals surface area contributed by atoms with E-state index >= 15 is 0 Å². The van der Waals surface area contributed by atoms with Crippen molar-refractivity contribution in [2.75, 3.05) is 5.75 Å². The molecule has 3 heterocycles. The minimum Gasteiger partial charge on any atom is -0.467 e. The van der Waals surface area contributed by atoms with Crippen LogP contribution in [0.5, 0.6) is 0 Å². The average molecular weight is 484 g/mol. The minimum absolute atomic E-state index is 0.0137. The number of amides is 1. The molecule has 1 N–H and O–H groups in total. The zero-order valence-electron chi connectivity index (χ0n) is 18.8. The van der Waals surface area contributed by atoms with E-state index in [2.05, 4.69) is 12.2 Å². The van der Waals surface area contributed by atoms with E-state index in [4.69, 9.17) is 9.40 Å². The van der Waals surface area contributed by atoms with Gasteiger partial charge in [0.05, 0.1) is 23.9 Å². The number of carbonyl (C=O) groups excluding carboxylic acids is 1. The molecular weight excluding hydrogens is 454 g/mol. The fourth-order valence-electron chi connectivity index (χ4n) is 5.10. The van der Waals surface area contributed by atoms with Crippen LogP contribution in [0.2, 0.25) is 0 Å². The Kier molecular flexibility index (Phi) is 5.61. The lowest BCUT2D eigenvalue weighted by atomic mass is 9.89. The Hall–Kier alpha value is -2.06. The van der Waals surface area contributed by atoms with E-state index in [1.54, 1.807) is 22.2 Å². The number of nitrogens with zero attached hydrogens (tertiary/aromatic N) is 2. The third kappa shape index (κ3) is 4.39. The number of nitrogens with one attached hydrogen (secondary N) is 1. The summed E-state index contributed by atoms with van der Waals surface area (Å²) in [6.07, 6.45) is 9.62. The molecule has 0 saturated heterocycles. The van der Waals surface area contributed by atoms with Crippen molar-refractivity contribution in [2.24, 2.45) is 17.8 Å². The molecule has 6 nitrogen and oxygen atoms in total. The molecule has 1 atom stereocenters. The summed E-state index contributed by atoms with van der Waals surface area (Å²) >= 11 is 3.02. The number of aryl methyl sites for hydroxylation is 1. The van der Waals surface area contributed by atoms with Crippen molar-refractivity contribution in [2.45, 2.75) is 69.6 Å². The standard InChI is InChI=1S/C25H29N3O3S2/c1-14-4-9-18-19(11-14)33-23-21(18)24(30)28(12-17-3-2-10-31-17)25(27-23)32-13-20(29)26-22(15-5-6-15)16-7-8-16/h2-3,10,14-16,22H,4-9,11-13H2,1H3,(H,26,29). The van der Waals surface area contributed by atoms with Gasteiger partial charge < -0.3 is 9.73 Å². The van der Waals surface area contributed by atoms with Crippen LogP contribution in [0, 0.1) is 17.8 Å². The molecule has 0 radical (unpaired) electrons.